The number of hydrogen-bond acceptors (Lipinski definition) is 5. The van der Waals surface area contributed by atoms with Crippen molar-refractivity contribution in [1.29, 1.82) is 0 Å². The molecule has 0 N–H and O–H groups in total. The Balaban J connectivity index is 2.32. The van der Waals surface area contributed by atoms with Crippen LogP contribution in [0.4, 0.5) is 10.8 Å². The second-order valence-electron chi connectivity index (χ2n) is 2.68. The molecule has 2 rings (SSSR count). The molecule has 0 fully saturated rings. The average molecular weight is 227 g/mol. The van der Waals surface area contributed by atoms with E-state index in [1.54, 1.807) is 0 Å². The molecule has 0 atom stereocenters. The van der Waals surface area contributed by atoms with Crippen molar-refractivity contribution in [3.63, 3.8) is 0 Å². The van der Waals surface area contributed by atoms with Crippen molar-refractivity contribution in [2.75, 3.05) is 11.9 Å². The maximum Gasteiger partial charge on any atom is 0.232 e. The van der Waals surface area contributed by atoms with Crippen molar-refractivity contribution in [3.8, 4) is 0 Å². The first kappa shape index (κ1) is 9.36. The van der Waals surface area contributed by atoms with Crippen LogP contribution in [0.2, 0.25) is 5.02 Å². The number of nitrogens with zero attached hydrogens (tertiary/aromatic N) is 4. The monoisotopic (exact) mass is 226 g/mol. The summed E-state index contributed by atoms with van der Waals surface area (Å²) in [7, 11) is 1.90. The quantitative estimate of drug-likeness (QED) is 0.789. The maximum absolute atomic E-state index is 5.88. The Kier molecular flexibility index (Phi) is 2.60. The molecule has 2 aromatic rings. The highest BCUT2D eigenvalue weighted by Crippen LogP contribution is 2.25. The van der Waals surface area contributed by atoms with Crippen LogP contribution in [0.3, 0.4) is 0 Å². The molecular weight excluding hydrogens is 220 g/mol. The van der Waals surface area contributed by atoms with Gasteiger partial charge in [0, 0.05) is 29.3 Å². The predicted molar refractivity (Wildman–Crippen MR) is 57.2 cm³/mol. The van der Waals surface area contributed by atoms with E-state index in [2.05, 4.69) is 14.8 Å². The minimum atomic E-state index is 0.701. The molecule has 1 aromatic carbocycles. The number of anilines is 2. The van der Waals surface area contributed by atoms with Crippen LogP contribution in [0.25, 0.3) is 0 Å². The molecule has 6 heteroatoms. The van der Waals surface area contributed by atoms with Gasteiger partial charge < -0.3 is 4.90 Å². The van der Waals surface area contributed by atoms with Crippen LogP contribution in [0.15, 0.2) is 24.3 Å². The number of aromatic nitrogens is 3. The van der Waals surface area contributed by atoms with Crippen LogP contribution in [-0.2, 0) is 0 Å². The SMILES string of the molecule is CN(c1cccc(Cl)c1)c1nnns1. The van der Waals surface area contributed by atoms with Gasteiger partial charge in [-0.2, -0.15) is 0 Å². The lowest BCUT2D eigenvalue weighted by Gasteiger charge is -2.14. The molecule has 0 aliphatic heterocycles. The highest BCUT2D eigenvalue weighted by molar-refractivity contribution is 7.09. The standard InChI is InChI=1S/C8H7ClN4S/c1-13(8-10-11-12-14-8)7-4-2-3-6(9)5-7/h2-5H,1H3. The zero-order valence-corrected chi connectivity index (χ0v) is 8.96. The van der Waals surface area contributed by atoms with Crippen molar-refractivity contribution < 1.29 is 0 Å². The third-order valence-electron chi connectivity index (χ3n) is 1.77. The summed E-state index contributed by atoms with van der Waals surface area (Å²) < 4.78 is 3.70. The van der Waals surface area contributed by atoms with Crippen molar-refractivity contribution in [1.82, 2.24) is 14.8 Å². The van der Waals surface area contributed by atoms with Gasteiger partial charge in [-0.15, -0.1) is 0 Å². The molecule has 0 amide bonds. The van der Waals surface area contributed by atoms with E-state index in [0.29, 0.717) is 5.02 Å². The van der Waals surface area contributed by atoms with Gasteiger partial charge in [0.05, 0.1) is 0 Å². The van der Waals surface area contributed by atoms with Crippen LogP contribution >= 0.6 is 23.1 Å². The molecule has 1 aromatic heterocycles. The van der Waals surface area contributed by atoms with Gasteiger partial charge in [0.2, 0.25) is 5.13 Å². The van der Waals surface area contributed by atoms with E-state index in [-0.39, 0.29) is 0 Å². The Bertz CT molecular complexity index is 417. The van der Waals surface area contributed by atoms with Gasteiger partial charge in [-0.1, -0.05) is 27.3 Å². The highest BCUT2D eigenvalue weighted by Gasteiger charge is 2.07. The summed E-state index contributed by atoms with van der Waals surface area (Å²) in [6, 6.07) is 7.54. The van der Waals surface area contributed by atoms with Gasteiger partial charge in [-0.3, -0.25) is 0 Å². The minimum Gasteiger partial charge on any atom is -0.318 e. The summed E-state index contributed by atoms with van der Waals surface area (Å²) >= 11 is 7.12. The molecule has 0 unspecified atom stereocenters. The Hall–Kier alpha value is -1.20. The Morgan fingerprint density at radius 2 is 2.29 bits per heavy atom. The molecular formula is C8H7ClN4S. The summed E-state index contributed by atoms with van der Waals surface area (Å²) in [6.45, 7) is 0. The number of hydrogen-bond donors (Lipinski definition) is 0. The van der Waals surface area contributed by atoms with Gasteiger partial charge in [0.15, 0.2) is 0 Å². The normalized spacial score (nSPS) is 10.1. The number of halogens is 1. The maximum atomic E-state index is 5.88. The van der Waals surface area contributed by atoms with Crippen molar-refractivity contribution in [2.24, 2.45) is 0 Å². The highest BCUT2D eigenvalue weighted by atomic mass is 35.5. The second kappa shape index (κ2) is 3.89. The molecule has 0 radical (unpaired) electrons. The zero-order chi connectivity index (χ0) is 9.97. The molecule has 1 heterocycles. The molecule has 0 aliphatic rings. The lowest BCUT2D eigenvalue weighted by Crippen LogP contribution is -2.08. The van der Waals surface area contributed by atoms with Gasteiger partial charge in [-0.25, -0.2) is 0 Å². The van der Waals surface area contributed by atoms with E-state index in [4.69, 9.17) is 11.6 Å². The summed E-state index contributed by atoms with van der Waals surface area (Å²) in [4.78, 5) is 1.89. The van der Waals surface area contributed by atoms with Gasteiger partial charge in [0.1, 0.15) is 0 Å². The lowest BCUT2D eigenvalue weighted by molar-refractivity contribution is 0.944. The number of rotatable bonds is 2. The average Bonchev–Trinajstić information content (AvgIpc) is 2.69. The molecule has 0 spiro atoms. The summed E-state index contributed by atoms with van der Waals surface area (Å²) in [5, 5.41) is 8.84. The molecule has 0 saturated heterocycles. The Labute approximate surface area is 90.3 Å². The summed E-state index contributed by atoms with van der Waals surface area (Å²) in [5.74, 6) is 0. The van der Waals surface area contributed by atoms with Crippen molar-refractivity contribution in [2.45, 2.75) is 0 Å². The molecule has 0 aliphatic carbocycles. The minimum absolute atomic E-state index is 0.701. The van der Waals surface area contributed by atoms with Crippen LogP contribution < -0.4 is 4.90 Å². The van der Waals surface area contributed by atoms with Crippen LogP contribution in [-0.4, -0.2) is 21.8 Å². The van der Waals surface area contributed by atoms with E-state index < -0.39 is 0 Å². The van der Waals surface area contributed by atoms with E-state index >= 15 is 0 Å². The number of benzene rings is 1. The first-order chi connectivity index (χ1) is 6.77. The zero-order valence-electron chi connectivity index (χ0n) is 7.38. The topological polar surface area (TPSA) is 41.9 Å². The summed E-state index contributed by atoms with van der Waals surface area (Å²) in [6.07, 6.45) is 0. The first-order valence-electron chi connectivity index (χ1n) is 3.92. The predicted octanol–water partition coefficient (Wildman–Crippen LogP) is 2.35. The lowest BCUT2D eigenvalue weighted by atomic mass is 10.3. The molecule has 4 nitrogen and oxygen atoms in total. The fourth-order valence-corrected chi connectivity index (χ4v) is 1.68. The van der Waals surface area contributed by atoms with Crippen LogP contribution in [0.5, 0.6) is 0 Å². The van der Waals surface area contributed by atoms with Crippen LogP contribution in [0, 0.1) is 0 Å². The third kappa shape index (κ3) is 1.83. The fraction of sp³-hybridized carbons (Fsp3) is 0.125. The van der Waals surface area contributed by atoms with E-state index in [1.165, 1.54) is 11.5 Å². The van der Waals surface area contributed by atoms with E-state index in [0.717, 1.165) is 10.8 Å². The van der Waals surface area contributed by atoms with Gasteiger partial charge in [0.25, 0.3) is 0 Å². The largest absolute Gasteiger partial charge is 0.318 e. The third-order valence-corrected chi connectivity index (χ3v) is 2.68. The van der Waals surface area contributed by atoms with Gasteiger partial charge in [-0.05, 0) is 23.4 Å². The van der Waals surface area contributed by atoms with Crippen molar-refractivity contribution in [3.05, 3.63) is 29.3 Å². The molecule has 0 saturated carbocycles. The Morgan fingerprint density at radius 1 is 1.43 bits per heavy atom. The van der Waals surface area contributed by atoms with E-state index in [1.807, 2.05) is 36.2 Å². The molecule has 14 heavy (non-hydrogen) atoms. The summed E-state index contributed by atoms with van der Waals surface area (Å²) in [5.41, 5.74) is 0.969. The Morgan fingerprint density at radius 3 is 2.93 bits per heavy atom. The van der Waals surface area contributed by atoms with Gasteiger partial charge >= 0.3 is 0 Å². The fourth-order valence-electron chi connectivity index (χ4n) is 1.05. The van der Waals surface area contributed by atoms with Crippen molar-refractivity contribution >= 4 is 34.0 Å². The smallest absolute Gasteiger partial charge is 0.232 e. The molecule has 0 bridgehead atoms. The second-order valence-corrected chi connectivity index (χ2v) is 3.83. The first-order valence-corrected chi connectivity index (χ1v) is 5.07. The van der Waals surface area contributed by atoms with Crippen LogP contribution in [0.1, 0.15) is 0 Å². The molecule has 72 valence electrons. The van der Waals surface area contributed by atoms with E-state index in [9.17, 15) is 0 Å².